The minimum atomic E-state index is 0.0764. The zero-order valence-electron chi connectivity index (χ0n) is 15.5. The fourth-order valence-corrected chi connectivity index (χ4v) is 4.22. The summed E-state index contributed by atoms with van der Waals surface area (Å²) in [4.78, 5) is 32.2. The van der Waals surface area contributed by atoms with E-state index < -0.39 is 0 Å². The molecule has 0 aromatic carbocycles. The van der Waals surface area contributed by atoms with E-state index in [0.717, 1.165) is 52.1 Å². The molecule has 0 bridgehead atoms. The largest absolute Gasteiger partial charge is 0.350 e. The van der Waals surface area contributed by atoms with Gasteiger partial charge in [-0.05, 0) is 24.3 Å². The molecular weight excluding hydrogens is 348 g/mol. The number of amides is 2. The van der Waals surface area contributed by atoms with Gasteiger partial charge in [-0.15, -0.1) is 11.3 Å². The Morgan fingerprint density at radius 3 is 2.19 bits per heavy atom. The van der Waals surface area contributed by atoms with Crippen LogP contribution in [0.1, 0.15) is 30.6 Å². The van der Waals surface area contributed by atoms with Crippen molar-refractivity contribution in [1.29, 1.82) is 0 Å². The van der Waals surface area contributed by atoms with Gasteiger partial charge < -0.3 is 10.2 Å². The van der Waals surface area contributed by atoms with E-state index in [-0.39, 0.29) is 11.8 Å². The first-order valence-corrected chi connectivity index (χ1v) is 10.6. The van der Waals surface area contributed by atoms with Crippen LogP contribution in [0, 0.1) is 0 Å². The van der Waals surface area contributed by atoms with E-state index in [1.54, 1.807) is 11.3 Å². The lowest BCUT2D eigenvalue weighted by Crippen LogP contribution is -2.52. The van der Waals surface area contributed by atoms with Crippen LogP contribution in [-0.2, 0) is 16.1 Å². The number of nitrogens with zero attached hydrogens (tertiary/aromatic N) is 3. The van der Waals surface area contributed by atoms with Crippen LogP contribution in [0.25, 0.3) is 0 Å². The van der Waals surface area contributed by atoms with Crippen LogP contribution < -0.4 is 5.32 Å². The summed E-state index contributed by atoms with van der Waals surface area (Å²) < 4.78 is 0. The number of carbonyl (C=O) groups is 2. The maximum atomic E-state index is 12.5. The van der Waals surface area contributed by atoms with Crippen molar-refractivity contribution in [2.24, 2.45) is 0 Å². The van der Waals surface area contributed by atoms with Crippen molar-refractivity contribution in [2.45, 2.75) is 32.2 Å². The maximum absolute atomic E-state index is 12.5. The molecule has 2 aliphatic rings. The summed E-state index contributed by atoms with van der Waals surface area (Å²) in [5.41, 5.74) is 0. The normalized spacial score (nSPS) is 19.9. The average Bonchev–Trinajstić information content (AvgIpc) is 3.01. The van der Waals surface area contributed by atoms with Crippen molar-refractivity contribution in [3.8, 4) is 0 Å². The zero-order chi connectivity index (χ0) is 18.2. The molecule has 2 amide bonds. The smallest absolute Gasteiger partial charge is 0.236 e. The molecule has 0 aliphatic carbocycles. The maximum Gasteiger partial charge on any atom is 0.236 e. The highest BCUT2D eigenvalue weighted by Gasteiger charge is 2.23. The number of nitrogens with one attached hydrogen (secondary N) is 1. The molecule has 2 saturated heterocycles. The molecule has 3 heterocycles. The van der Waals surface area contributed by atoms with Gasteiger partial charge >= 0.3 is 0 Å². The number of likely N-dealkylation sites (tertiary alicyclic amines) is 1. The number of rotatable bonds is 6. The first kappa shape index (κ1) is 19.3. The van der Waals surface area contributed by atoms with Crippen LogP contribution in [0.3, 0.4) is 0 Å². The number of carbonyl (C=O) groups excluding carboxylic acids is 2. The van der Waals surface area contributed by atoms with Crippen LogP contribution >= 0.6 is 11.3 Å². The van der Waals surface area contributed by atoms with Gasteiger partial charge in [-0.1, -0.05) is 18.9 Å². The van der Waals surface area contributed by atoms with Gasteiger partial charge in [0.05, 0.1) is 19.6 Å². The fourth-order valence-electron chi connectivity index (χ4n) is 3.57. The minimum absolute atomic E-state index is 0.0764. The van der Waals surface area contributed by atoms with E-state index in [1.165, 1.54) is 17.7 Å². The van der Waals surface area contributed by atoms with Crippen LogP contribution in [0.15, 0.2) is 17.5 Å². The van der Waals surface area contributed by atoms with Gasteiger partial charge in [0.25, 0.3) is 0 Å². The summed E-state index contributed by atoms with van der Waals surface area (Å²) in [5, 5.41) is 5.00. The van der Waals surface area contributed by atoms with Crippen LogP contribution in [-0.4, -0.2) is 78.9 Å². The third-order valence-corrected chi connectivity index (χ3v) is 6.07. The van der Waals surface area contributed by atoms with Crippen LogP contribution in [0.5, 0.6) is 0 Å². The Hall–Kier alpha value is -1.44. The van der Waals surface area contributed by atoms with E-state index in [9.17, 15) is 9.59 Å². The summed E-state index contributed by atoms with van der Waals surface area (Å²) in [6.07, 6.45) is 4.77. The molecule has 3 rings (SSSR count). The molecule has 1 aromatic heterocycles. The monoisotopic (exact) mass is 378 g/mol. The molecule has 26 heavy (non-hydrogen) atoms. The van der Waals surface area contributed by atoms with Gasteiger partial charge in [0.1, 0.15) is 0 Å². The Bertz CT molecular complexity index is 562. The van der Waals surface area contributed by atoms with Crippen molar-refractivity contribution >= 4 is 23.2 Å². The van der Waals surface area contributed by atoms with Crippen molar-refractivity contribution in [3.63, 3.8) is 0 Å². The van der Waals surface area contributed by atoms with E-state index in [4.69, 9.17) is 0 Å². The van der Waals surface area contributed by atoms with Crippen molar-refractivity contribution in [3.05, 3.63) is 22.4 Å². The van der Waals surface area contributed by atoms with Crippen molar-refractivity contribution in [2.75, 3.05) is 52.4 Å². The van der Waals surface area contributed by atoms with Gasteiger partial charge in [-0.3, -0.25) is 19.4 Å². The highest BCUT2D eigenvalue weighted by atomic mass is 32.1. The van der Waals surface area contributed by atoms with Gasteiger partial charge in [-0.25, -0.2) is 0 Å². The Morgan fingerprint density at radius 1 is 0.923 bits per heavy atom. The molecular formula is C19H30N4O2S. The lowest BCUT2D eigenvalue weighted by Gasteiger charge is -2.35. The molecule has 0 atom stereocenters. The summed E-state index contributed by atoms with van der Waals surface area (Å²) in [6.45, 7) is 6.83. The predicted octanol–water partition coefficient (Wildman–Crippen LogP) is 1.38. The third-order valence-electron chi connectivity index (χ3n) is 5.19. The zero-order valence-corrected chi connectivity index (χ0v) is 16.3. The Morgan fingerprint density at radius 2 is 1.58 bits per heavy atom. The summed E-state index contributed by atoms with van der Waals surface area (Å²) in [5.74, 6) is 0.349. The van der Waals surface area contributed by atoms with Gasteiger partial charge in [-0.2, -0.15) is 0 Å². The van der Waals surface area contributed by atoms with Gasteiger partial charge in [0.15, 0.2) is 0 Å². The molecule has 6 nitrogen and oxygen atoms in total. The van der Waals surface area contributed by atoms with E-state index >= 15 is 0 Å². The first-order chi connectivity index (χ1) is 12.7. The SMILES string of the molecule is O=C(CN1CCN(CC(=O)N2CCCCCC2)CC1)NCc1cccs1. The Labute approximate surface area is 160 Å². The molecule has 2 fully saturated rings. The molecule has 1 N–H and O–H groups in total. The number of hydrogen-bond donors (Lipinski definition) is 1. The topological polar surface area (TPSA) is 55.9 Å². The number of hydrogen-bond acceptors (Lipinski definition) is 5. The van der Waals surface area contributed by atoms with E-state index in [0.29, 0.717) is 19.6 Å². The predicted molar refractivity (Wildman–Crippen MR) is 104 cm³/mol. The molecule has 0 saturated carbocycles. The summed E-state index contributed by atoms with van der Waals surface area (Å²) in [7, 11) is 0. The number of piperazine rings is 1. The second-order valence-electron chi connectivity index (χ2n) is 7.20. The summed E-state index contributed by atoms with van der Waals surface area (Å²) in [6, 6.07) is 4.03. The fraction of sp³-hybridized carbons (Fsp3) is 0.684. The second kappa shape index (κ2) is 10.0. The Kier molecular flexibility index (Phi) is 7.46. The molecule has 2 aliphatic heterocycles. The van der Waals surface area contributed by atoms with Crippen molar-refractivity contribution in [1.82, 2.24) is 20.0 Å². The standard InChI is InChI=1S/C19H30N4O2S/c24-18(20-14-17-6-5-13-26-17)15-21-9-11-22(12-10-21)16-19(25)23-7-3-1-2-4-8-23/h5-6,13H,1-4,7-12,14-16H2,(H,20,24). The minimum Gasteiger partial charge on any atom is -0.350 e. The highest BCUT2D eigenvalue weighted by Crippen LogP contribution is 2.11. The molecule has 0 radical (unpaired) electrons. The first-order valence-electron chi connectivity index (χ1n) is 9.72. The van der Waals surface area contributed by atoms with Crippen molar-refractivity contribution < 1.29 is 9.59 Å². The number of thiophene rings is 1. The van der Waals surface area contributed by atoms with Crippen LogP contribution in [0.4, 0.5) is 0 Å². The van der Waals surface area contributed by atoms with E-state index in [2.05, 4.69) is 15.1 Å². The molecule has 0 unspecified atom stereocenters. The molecule has 0 spiro atoms. The molecule has 1 aromatic rings. The van der Waals surface area contributed by atoms with Gasteiger partial charge in [0, 0.05) is 44.1 Å². The average molecular weight is 379 g/mol. The second-order valence-corrected chi connectivity index (χ2v) is 8.24. The third kappa shape index (κ3) is 6.07. The molecule has 7 heteroatoms. The van der Waals surface area contributed by atoms with E-state index in [1.807, 2.05) is 22.4 Å². The lowest BCUT2D eigenvalue weighted by molar-refractivity contribution is -0.133. The van der Waals surface area contributed by atoms with Gasteiger partial charge in [0.2, 0.25) is 11.8 Å². The quantitative estimate of drug-likeness (QED) is 0.813. The Balaban J connectivity index is 1.33. The molecule has 144 valence electrons. The summed E-state index contributed by atoms with van der Waals surface area (Å²) >= 11 is 1.66. The highest BCUT2D eigenvalue weighted by molar-refractivity contribution is 7.09. The lowest BCUT2D eigenvalue weighted by atomic mass is 10.2. The van der Waals surface area contributed by atoms with Crippen LogP contribution in [0.2, 0.25) is 0 Å².